The van der Waals surface area contributed by atoms with Crippen molar-refractivity contribution in [2.75, 3.05) is 30.9 Å². The topological polar surface area (TPSA) is 76.1 Å². The van der Waals surface area contributed by atoms with Gasteiger partial charge in [-0.2, -0.15) is 0 Å². The third-order valence-corrected chi connectivity index (χ3v) is 3.19. The molecule has 0 aliphatic rings. The van der Waals surface area contributed by atoms with E-state index >= 15 is 0 Å². The summed E-state index contributed by atoms with van der Waals surface area (Å²) < 4.78 is 18.0. The predicted molar refractivity (Wildman–Crippen MR) is 86.4 cm³/mol. The van der Waals surface area contributed by atoms with Crippen molar-refractivity contribution in [3.05, 3.63) is 47.0 Å². The van der Waals surface area contributed by atoms with Crippen molar-refractivity contribution in [2.45, 2.75) is 6.42 Å². The number of hydrogen-bond acceptors (Lipinski definition) is 5. The summed E-state index contributed by atoms with van der Waals surface area (Å²) in [5, 5.41) is 5.55. The van der Waals surface area contributed by atoms with E-state index in [1.54, 1.807) is 7.11 Å². The van der Waals surface area contributed by atoms with Gasteiger partial charge < -0.3 is 15.4 Å². The Morgan fingerprint density at radius 1 is 1.35 bits per heavy atom. The molecule has 0 spiro atoms. The van der Waals surface area contributed by atoms with E-state index in [0.717, 1.165) is 6.42 Å². The molecule has 1 heterocycles. The van der Waals surface area contributed by atoms with Crippen LogP contribution >= 0.6 is 11.6 Å². The highest BCUT2D eigenvalue weighted by Crippen LogP contribution is 2.19. The van der Waals surface area contributed by atoms with E-state index < -0.39 is 11.7 Å². The van der Waals surface area contributed by atoms with E-state index in [1.807, 2.05) is 0 Å². The zero-order valence-electron chi connectivity index (χ0n) is 12.5. The molecule has 0 saturated carbocycles. The number of ether oxygens (including phenoxy) is 1. The number of halogens is 2. The summed E-state index contributed by atoms with van der Waals surface area (Å²) in [5.41, 5.74) is 0.677. The molecule has 1 amide bonds. The molecule has 2 N–H and O–H groups in total. The van der Waals surface area contributed by atoms with E-state index in [4.69, 9.17) is 16.3 Å². The van der Waals surface area contributed by atoms with Crippen molar-refractivity contribution in [1.82, 2.24) is 9.97 Å². The summed E-state index contributed by atoms with van der Waals surface area (Å²) in [5.74, 6) is -0.516. The van der Waals surface area contributed by atoms with Crippen molar-refractivity contribution >= 4 is 29.1 Å². The SMILES string of the molecule is COCCCNc1ncc(C(=O)Nc2ccc(F)c(Cl)c2)cn1. The fourth-order valence-corrected chi connectivity index (χ4v) is 1.91. The molecule has 0 aliphatic carbocycles. The molecule has 0 saturated heterocycles. The van der Waals surface area contributed by atoms with Crippen LogP contribution in [0.2, 0.25) is 5.02 Å². The molecule has 2 rings (SSSR count). The second-order valence-electron chi connectivity index (χ2n) is 4.65. The zero-order chi connectivity index (χ0) is 16.7. The lowest BCUT2D eigenvalue weighted by molar-refractivity contribution is 0.102. The molecule has 0 aliphatic heterocycles. The Kier molecular flexibility index (Phi) is 6.25. The number of nitrogens with zero attached hydrogens (tertiary/aromatic N) is 2. The van der Waals surface area contributed by atoms with E-state index in [2.05, 4.69) is 20.6 Å². The number of nitrogens with one attached hydrogen (secondary N) is 2. The fourth-order valence-electron chi connectivity index (χ4n) is 1.73. The first-order chi connectivity index (χ1) is 11.1. The number of methoxy groups -OCH3 is 1. The largest absolute Gasteiger partial charge is 0.385 e. The minimum Gasteiger partial charge on any atom is -0.385 e. The Balaban J connectivity index is 1.93. The lowest BCUT2D eigenvalue weighted by Crippen LogP contribution is -2.14. The molecule has 0 fully saturated rings. The summed E-state index contributed by atoms with van der Waals surface area (Å²) in [6.45, 7) is 1.32. The second-order valence-corrected chi connectivity index (χ2v) is 5.06. The van der Waals surface area contributed by atoms with Gasteiger partial charge >= 0.3 is 0 Å². The molecule has 1 aromatic heterocycles. The lowest BCUT2D eigenvalue weighted by Gasteiger charge is -2.07. The Bertz CT molecular complexity index is 667. The third-order valence-electron chi connectivity index (χ3n) is 2.90. The molecule has 23 heavy (non-hydrogen) atoms. The Labute approximate surface area is 138 Å². The monoisotopic (exact) mass is 338 g/mol. The Hall–Kier alpha value is -2.25. The van der Waals surface area contributed by atoms with E-state index in [0.29, 0.717) is 24.8 Å². The van der Waals surface area contributed by atoms with Crippen LogP contribution in [0.4, 0.5) is 16.0 Å². The summed E-state index contributed by atoms with van der Waals surface area (Å²) in [6.07, 6.45) is 3.64. The maximum atomic E-state index is 13.1. The number of anilines is 2. The smallest absolute Gasteiger partial charge is 0.258 e. The van der Waals surface area contributed by atoms with Gasteiger partial charge in [0.1, 0.15) is 5.82 Å². The van der Waals surface area contributed by atoms with Gasteiger partial charge in [0.25, 0.3) is 5.91 Å². The molecule has 1 aromatic carbocycles. The Morgan fingerprint density at radius 3 is 2.74 bits per heavy atom. The molecule has 6 nitrogen and oxygen atoms in total. The molecular weight excluding hydrogens is 323 g/mol. The van der Waals surface area contributed by atoms with E-state index in [9.17, 15) is 9.18 Å². The molecule has 0 atom stereocenters. The van der Waals surface area contributed by atoms with Crippen LogP contribution in [0.15, 0.2) is 30.6 Å². The maximum absolute atomic E-state index is 13.1. The first kappa shape index (κ1) is 17.1. The van der Waals surface area contributed by atoms with Crippen LogP contribution in [0, 0.1) is 5.82 Å². The van der Waals surface area contributed by atoms with Crippen LogP contribution in [0.3, 0.4) is 0 Å². The van der Waals surface area contributed by atoms with Crippen molar-refractivity contribution in [2.24, 2.45) is 0 Å². The molecular formula is C15H16ClFN4O2. The van der Waals surface area contributed by atoms with Gasteiger partial charge in [-0.15, -0.1) is 0 Å². The van der Waals surface area contributed by atoms with Crippen LogP contribution in [-0.2, 0) is 4.74 Å². The minimum atomic E-state index is -0.545. The Morgan fingerprint density at radius 2 is 2.09 bits per heavy atom. The van der Waals surface area contributed by atoms with E-state index in [-0.39, 0.29) is 10.6 Å². The molecule has 0 radical (unpaired) electrons. The summed E-state index contributed by atoms with van der Waals surface area (Å²) in [7, 11) is 1.64. The van der Waals surface area contributed by atoms with Crippen molar-refractivity contribution < 1.29 is 13.9 Å². The zero-order valence-corrected chi connectivity index (χ0v) is 13.2. The van der Waals surface area contributed by atoms with Crippen molar-refractivity contribution in [3.63, 3.8) is 0 Å². The van der Waals surface area contributed by atoms with Crippen molar-refractivity contribution in [1.29, 1.82) is 0 Å². The standard InChI is InChI=1S/C15H16ClFN4O2/c1-23-6-2-5-18-15-19-8-10(9-20-15)14(22)21-11-3-4-13(17)12(16)7-11/h3-4,7-9H,2,5-6H2,1H3,(H,21,22)(H,18,19,20). The van der Waals surface area contributed by atoms with Gasteiger partial charge in [-0.25, -0.2) is 14.4 Å². The fraction of sp³-hybridized carbons (Fsp3) is 0.267. The van der Waals surface area contributed by atoms with Gasteiger partial charge in [0.2, 0.25) is 5.95 Å². The first-order valence-electron chi connectivity index (χ1n) is 6.91. The average Bonchev–Trinajstić information content (AvgIpc) is 2.55. The number of rotatable bonds is 7. The normalized spacial score (nSPS) is 10.4. The predicted octanol–water partition coefficient (Wildman–Crippen LogP) is 2.97. The van der Waals surface area contributed by atoms with Gasteiger partial charge in [0.05, 0.1) is 10.6 Å². The number of carbonyl (C=O) groups is 1. The first-order valence-corrected chi connectivity index (χ1v) is 7.29. The third kappa shape index (κ3) is 5.15. The van der Waals surface area contributed by atoms with Crippen LogP contribution in [-0.4, -0.2) is 36.1 Å². The molecule has 122 valence electrons. The number of carbonyl (C=O) groups excluding carboxylic acids is 1. The minimum absolute atomic E-state index is 0.0605. The highest BCUT2D eigenvalue weighted by molar-refractivity contribution is 6.31. The number of amides is 1. The van der Waals surface area contributed by atoms with Crippen LogP contribution in [0.5, 0.6) is 0 Å². The molecule has 0 unspecified atom stereocenters. The van der Waals surface area contributed by atoms with Gasteiger partial charge in [-0.05, 0) is 24.6 Å². The van der Waals surface area contributed by atoms with Crippen LogP contribution in [0.25, 0.3) is 0 Å². The van der Waals surface area contributed by atoms with Gasteiger partial charge in [-0.1, -0.05) is 11.6 Å². The van der Waals surface area contributed by atoms with Gasteiger partial charge in [-0.3, -0.25) is 4.79 Å². The number of benzene rings is 1. The molecule has 2 aromatic rings. The van der Waals surface area contributed by atoms with Crippen LogP contribution < -0.4 is 10.6 Å². The van der Waals surface area contributed by atoms with Crippen molar-refractivity contribution in [3.8, 4) is 0 Å². The summed E-state index contributed by atoms with van der Waals surface area (Å²) in [4.78, 5) is 20.2. The number of aromatic nitrogens is 2. The highest BCUT2D eigenvalue weighted by atomic mass is 35.5. The summed E-state index contributed by atoms with van der Waals surface area (Å²) >= 11 is 5.67. The maximum Gasteiger partial charge on any atom is 0.258 e. The highest BCUT2D eigenvalue weighted by Gasteiger charge is 2.09. The second kappa shape index (κ2) is 8.40. The summed E-state index contributed by atoms with van der Waals surface area (Å²) in [6, 6.07) is 3.94. The lowest BCUT2D eigenvalue weighted by atomic mass is 10.2. The molecule has 8 heteroatoms. The average molecular weight is 339 g/mol. The van der Waals surface area contributed by atoms with E-state index in [1.165, 1.54) is 30.6 Å². The molecule has 0 bridgehead atoms. The quantitative estimate of drug-likeness (QED) is 0.759. The van der Waals surface area contributed by atoms with Crippen LogP contribution in [0.1, 0.15) is 16.8 Å². The van der Waals surface area contributed by atoms with Gasteiger partial charge in [0.15, 0.2) is 0 Å². The number of hydrogen-bond donors (Lipinski definition) is 2. The van der Waals surface area contributed by atoms with Gasteiger partial charge in [0, 0.05) is 38.3 Å².